The first-order chi connectivity index (χ1) is 13.1. The number of halogens is 3. The number of likely N-dealkylation sites (N-methyl/N-ethyl adjacent to an activating group) is 1. The van der Waals surface area contributed by atoms with E-state index >= 15 is 0 Å². The summed E-state index contributed by atoms with van der Waals surface area (Å²) >= 11 is 0. The first kappa shape index (κ1) is 20.4. The molecule has 0 unspecified atom stereocenters. The topological polar surface area (TPSA) is 72.9 Å². The van der Waals surface area contributed by atoms with E-state index < -0.39 is 12.1 Å². The van der Waals surface area contributed by atoms with Crippen molar-refractivity contribution in [1.29, 1.82) is 0 Å². The van der Waals surface area contributed by atoms with Gasteiger partial charge >= 0.3 is 12.1 Å². The van der Waals surface area contributed by atoms with Crippen molar-refractivity contribution >= 4 is 23.3 Å². The molecule has 6 nitrogen and oxygen atoms in total. The third kappa shape index (κ3) is 4.40. The van der Waals surface area contributed by atoms with E-state index in [1.807, 2.05) is 30.1 Å². The lowest BCUT2D eigenvalue weighted by atomic mass is 9.83. The number of para-hydroxylation sites is 2. The molecule has 1 spiro atoms. The van der Waals surface area contributed by atoms with Crippen LogP contribution in [0, 0.1) is 5.92 Å². The number of piperidine rings is 1. The highest BCUT2D eigenvalue weighted by Gasteiger charge is 2.46. The summed E-state index contributed by atoms with van der Waals surface area (Å²) in [7, 11) is 1.90. The highest BCUT2D eigenvalue weighted by Crippen LogP contribution is 2.39. The Morgan fingerprint density at radius 1 is 1.25 bits per heavy atom. The summed E-state index contributed by atoms with van der Waals surface area (Å²) in [6.45, 7) is 3.30. The molecular weight excluding hydrogens is 375 g/mol. The molecule has 0 bridgehead atoms. The molecule has 9 heteroatoms. The molecule has 1 saturated heterocycles. The number of amides is 1. The maximum absolute atomic E-state index is 12.9. The maximum atomic E-state index is 12.9. The Morgan fingerprint density at radius 2 is 1.82 bits per heavy atom. The lowest BCUT2D eigenvalue weighted by Crippen LogP contribution is -2.61. The number of rotatable bonds is 2. The van der Waals surface area contributed by atoms with Gasteiger partial charge in [0.05, 0.1) is 11.4 Å². The number of benzene rings is 1. The number of nitrogens with zero attached hydrogens (tertiary/aromatic N) is 2. The van der Waals surface area contributed by atoms with Gasteiger partial charge in [0.2, 0.25) is 0 Å². The minimum Gasteiger partial charge on any atom is -0.475 e. The van der Waals surface area contributed by atoms with Crippen molar-refractivity contribution in [2.24, 2.45) is 5.92 Å². The molecule has 0 aromatic heterocycles. The van der Waals surface area contributed by atoms with Gasteiger partial charge < -0.3 is 20.2 Å². The van der Waals surface area contributed by atoms with Crippen molar-refractivity contribution in [3.05, 3.63) is 24.3 Å². The first-order valence-electron chi connectivity index (χ1n) is 9.30. The Morgan fingerprint density at radius 3 is 2.36 bits per heavy atom. The summed E-state index contributed by atoms with van der Waals surface area (Å²) in [5, 5.41) is 10.7. The molecule has 1 amide bonds. The molecule has 1 aromatic carbocycles. The zero-order valence-electron chi connectivity index (χ0n) is 15.6. The number of fused-ring (bicyclic) bond motifs is 1. The number of carboxylic acid groups (broad SMARTS) is 1. The third-order valence-electron chi connectivity index (χ3n) is 5.52. The van der Waals surface area contributed by atoms with Crippen molar-refractivity contribution in [3.63, 3.8) is 0 Å². The molecule has 28 heavy (non-hydrogen) atoms. The van der Waals surface area contributed by atoms with Gasteiger partial charge in [-0.1, -0.05) is 12.1 Å². The molecule has 4 rings (SSSR count). The number of likely N-dealkylation sites (tertiary alicyclic amines) is 1. The fourth-order valence-corrected chi connectivity index (χ4v) is 3.74. The SMILES string of the molecule is CN1C(=O)C2(CCN(CC3CC3)CC2)Nc2ccccc21.O=C(O)C(F)(F)F. The number of carboxylic acids is 1. The van der Waals surface area contributed by atoms with Crippen LogP contribution in [0.25, 0.3) is 0 Å². The molecule has 1 aliphatic carbocycles. The fraction of sp³-hybridized carbons (Fsp3) is 0.579. The number of carbonyl (C=O) groups is 2. The van der Waals surface area contributed by atoms with Gasteiger partial charge in [0.15, 0.2) is 0 Å². The van der Waals surface area contributed by atoms with E-state index in [2.05, 4.69) is 16.3 Å². The van der Waals surface area contributed by atoms with E-state index in [0.29, 0.717) is 0 Å². The number of alkyl halides is 3. The molecule has 2 fully saturated rings. The third-order valence-corrected chi connectivity index (χ3v) is 5.52. The fourth-order valence-electron chi connectivity index (χ4n) is 3.74. The zero-order chi connectivity index (χ0) is 20.5. The summed E-state index contributed by atoms with van der Waals surface area (Å²) in [4.78, 5) is 26.1. The number of hydrogen-bond acceptors (Lipinski definition) is 4. The first-order valence-corrected chi connectivity index (χ1v) is 9.30. The number of aliphatic carboxylic acids is 1. The summed E-state index contributed by atoms with van der Waals surface area (Å²) in [5.74, 6) is -1.60. The van der Waals surface area contributed by atoms with E-state index in [9.17, 15) is 18.0 Å². The second kappa shape index (κ2) is 7.62. The minimum atomic E-state index is -5.08. The molecule has 2 aliphatic heterocycles. The van der Waals surface area contributed by atoms with Crippen molar-refractivity contribution in [3.8, 4) is 0 Å². The standard InChI is InChI=1S/C17H23N3O.C2HF3O2/c1-19-15-5-3-2-4-14(15)18-17(16(19)21)8-10-20(11-9-17)12-13-6-7-13;3-2(4,5)1(6)7/h2-5,13,18H,6-12H2,1H3;(H,6,7). The van der Waals surface area contributed by atoms with Crippen LogP contribution in [0.3, 0.4) is 0 Å². The average Bonchev–Trinajstić information content (AvgIpc) is 3.46. The smallest absolute Gasteiger partial charge is 0.475 e. The number of anilines is 2. The Balaban J connectivity index is 0.000000279. The minimum absolute atomic E-state index is 0.229. The quantitative estimate of drug-likeness (QED) is 0.800. The molecule has 1 aromatic rings. The van der Waals surface area contributed by atoms with Crippen molar-refractivity contribution in [2.75, 3.05) is 36.9 Å². The molecular formula is C19H24F3N3O3. The Hall–Kier alpha value is -2.29. The number of nitrogens with one attached hydrogen (secondary N) is 1. The predicted molar refractivity (Wildman–Crippen MR) is 98.3 cm³/mol. The molecule has 2 N–H and O–H groups in total. The van der Waals surface area contributed by atoms with E-state index in [-0.39, 0.29) is 11.4 Å². The van der Waals surface area contributed by atoms with Gasteiger partial charge in [0.25, 0.3) is 5.91 Å². The molecule has 0 radical (unpaired) electrons. The van der Waals surface area contributed by atoms with Gasteiger partial charge in [-0.05, 0) is 43.7 Å². The average molecular weight is 399 g/mol. The van der Waals surface area contributed by atoms with Gasteiger partial charge in [-0.15, -0.1) is 0 Å². The highest BCUT2D eigenvalue weighted by molar-refractivity contribution is 6.07. The Labute approximate surface area is 161 Å². The summed E-state index contributed by atoms with van der Waals surface area (Å²) in [5.41, 5.74) is 1.70. The number of hydrogen-bond donors (Lipinski definition) is 2. The van der Waals surface area contributed by atoms with Crippen LogP contribution < -0.4 is 10.2 Å². The lowest BCUT2D eigenvalue weighted by molar-refractivity contribution is -0.192. The van der Waals surface area contributed by atoms with E-state index in [0.717, 1.165) is 43.2 Å². The molecule has 2 heterocycles. The molecule has 0 atom stereocenters. The second-order valence-electron chi connectivity index (χ2n) is 7.64. The second-order valence-corrected chi connectivity index (χ2v) is 7.64. The molecule has 154 valence electrons. The van der Waals surface area contributed by atoms with Crippen molar-refractivity contribution in [2.45, 2.75) is 37.4 Å². The summed E-state index contributed by atoms with van der Waals surface area (Å²) in [6, 6.07) is 8.11. The van der Waals surface area contributed by atoms with Crippen molar-refractivity contribution < 1.29 is 27.9 Å². The number of carbonyl (C=O) groups excluding carboxylic acids is 1. The van der Waals surface area contributed by atoms with Crippen LogP contribution in [0.5, 0.6) is 0 Å². The monoisotopic (exact) mass is 399 g/mol. The molecule has 3 aliphatic rings. The van der Waals surface area contributed by atoms with Crippen LogP contribution in [0.4, 0.5) is 24.5 Å². The van der Waals surface area contributed by atoms with Gasteiger partial charge in [0, 0.05) is 26.7 Å². The normalized spacial score (nSPS) is 21.4. The largest absolute Gasteiger partial charge is 0.490 e. The van der Waals surface area contributed by atoms with Crippen LogP contribution >= 0.6 is 0 Å². The highest BCUT2D eigenvalue weighted by atomic mass is 19.4. The summed E-state index contributed by atoms with van der Waals surface area (Å²) < 4.78 is 31.7. The van der Waals surface area contributed by atoms with Gasteiger partial charge in [-0.2, -0.15) is 13.2 Å². The van der Waals surface area contributed by atoms with E-state index in [4.69, 9.17) is 9.90 Å². The van der Waals surface area contributed by atoms with Crippen LogP contribution in [0.1, 0.15) is 25.7 Å². The zero-order valence-corrected chi connectivity index (χ0v) is 15.6. The van der Waals surface area contributed by atoms with Gasteiger partial charge in [0.1, 0.15) is 5.54 Å². The lowest BCUT2D eigenvalue weighted by Gasteiger charge is -2.47. The van der Waals surface area contributed by atoms with Crippen LogP contribution in [-0.4, -0.2) is 60.3 Å². The van der Waals surface area contributed by atoms with Gasteiger partial charge in [-0.3, -0.25) is 4.79 Å². The van der Waals surface area contributed by atoms with Crippen LogP contribution in [0.15, 0.2) is 24.3 Å². The van der Waals surface area contributed by atoms with Crippen molar-refractivity contribution in [1.82, 2.24) is 4.90 Å². The molecule has 1 saturated carbocycles. The summed E-state index contributed by atoms with van der Waals surface area (Å²) in [6.07, 6.45) is -0.460. The predicted octanol–water partition coefficient (Wildman–Crippen LogP) is 2.95. The van der Waals surface area contributed by atoms with Crippen LogP contribution in [0.2, 0.25) is 0 Å². The Bertz CT molecular complexity index is 741. The maximum Gasteiger partial charge on any atom is 0.490 e. The van der Waals surface area contributed by atoms with E-state index in [1.165, 1.54) is 19.4 Å². The Kier molecular flexibility index (Phi) is 5.56. The van der Waals surface area contributed by atoms with Crippen LogP contribution in [-0.2, 0) is 9.59 Å². The van der Waals surface area contributed by atoms with E-state index in [1.54, 1.807) is 0 Å². The van der Waals surface area contributed by atoms with Gasteiger partial charge in [-0.25, -0.2) is 4.79 Å².